The van der Waals surface area contributed by atoms with Crippen LogP contribution in [0.25, 0.3) is 16.8 Å². The van der Waals surface area contributed by atoms with E-state index in [4.69, 9.17) is 32.7 Å². The molecule has 400 valence electrons. The highest BCUT2D eigenvalue weighted by molar-refractivity contribution is 7.44. The Kier molecular flexibility index (Phi) is 19.8. The first kappa shape index (κ1) is 56.6. The maximum absolute atomic E-state index is 13.8. The standard InChI is InChI=1S/C58H67N6O11P/c1-38(2)64(39(3)4)76(73-32-12-29-59)75-51-35-54(74-52(51)37-72-58(45-13-10-9-11-14-45,46-19-24-48(69-6)25-20-46)47-21-26-49(70-7)27-22-47)63-36-44(56(67)62-57(63)68)18-28-53(65)60-30-31-61-55(66)40(5)41-15-16-43-34-50(71-8)23-17-42(43)33-41/h9-11,13-28,33-34,36,38-40,51-52,54H,12,30-32,35,37H2,1-8H3,(H,60,65)(H,61,66)(H,62,67,68)/t40-,51?,52+,54+,76?/m0/s1. The van der Waals surface area contributed by atoms with Crippen LogP contribution in [0.2, 0.25) is 0 Å². The number of methoxy groups -OCH3 is 3. The molecule has 7 rings (SSSR count). The van der Waals surface area contributed by atoms with Crippen molar-refractivity contribution in [3.63, 3.8) is 0 Å². The van der Waals surface area contributed by atoms with Crippen LogP contribution in [-0.4, -0.2) is 98.0 Å². The predicted molar refractivity (Wildman–Crippen MR) is 292 cm³/mol. The van der Waals surface area contributed by atoms with Gasteiger partial charge in [-0.1, -0.05) is 78.9 Å². The van der Waals surface area contributed by atoms with Crippen molar-refractivity contribution in [1.29, 1.82) is 5.26 Å². The Morgan fingerprint density at radius 1 is 0.816 bits per heavy atom. The molecule has 3 N–H and O–H groups in total. The molecule has 2 heterocycles. The number of H-pyrrole nitrogens is 1. The van der Waals surface area contributed by atoms with Gasteiger partial charge in [-0.05, 0) is 110 Å². The number of hydrogen-bond acceptors (Lipinski definition) is 13. The van der Waals surface area contributed by atoms with E-state index >= 15 is 0 Å². The number of ether oxygens (including phenoxy) is 5. The predicted octanol–water partition coefficient (Wildman–Crippen LogP) is 8.72. The molecule has 0 radical (unpaired) electrons. The second-order valence-electron chi connectivity index (χ2n) is 18.7. The van der Waals surface area contributed by atoms with Gasteiger partial charge in [-0.3, -0.25) is 23.9 Å². The van der Waals surface area contributed by atoms with Gasteiger partial charge in [0.1, 0.15) is 35.2 Å². The summed E-state index contributed by atoms with van der Waals surface area (Å²) >= 11 is 0. The minimum atomic E-state index is -1.79. The Morgan fingerprint density at radius 2 is 1.41 bits per heavy atom. The monoisotopic (exact) mass is 1050 g/mol. The van der Waals surface area contributed by atoms with E-state index in [1.54, 1.807) is 21.3 Å². The summed E-state index contributed by atoms with van der Waals surface area (Å²) in [4.78, 5) is 55.6. The number of aromatic amines is 1. The molecular weight excluding hydrogens is 988 g/mol. The summed E-state index contributed by atoms with van der Waals surface area (Å²) in [6, 6.07) is 38.8. The van der Waals surface area contributed by atoms with Crippen molar-refractivity contribution < 1.29 is 42.3 Å². The lowest BCUT2D eigenvalue weighted by Gasteiger charge is -2.39. The van der Waals surface area contributed by atoms with E-state index in [-0.39, 0.29) is 62.7 Å². The van der Waals surface area contributed by atoms with Crippen LogP contribution < -0.4 is 36.1 Å². The minimum absolute atomic E-state index is 0.0140. The van der Waals surface area contributed by atoms with Crippen molar-refractivity contribution in [2.75, 3.05) is 47.6 Å². The zero-order valence-electron chi connectivity index (χ0n) is 44.2. The third-order valence-electron chi connectivity index (χ3n) is 13.1. The van der Waals surface area contributed by atoms with Gasteiger partial charge in [0.05, 0.1) is 64.6 Å². The van der Waals surface area contributed by atoms with Crippen molar-refractivity contribution in [3.05, 3.63) is 176 Å². The van der Waals surface area contributed by atoms with Crippen LogP contribution in [-0.2, 0) is 33.7 Å². The van der Waals surface area contributed by atoms with Gasteiger partial charge in [-0.2, -0.15) is 5.26 Å². The lowest BCUT2D eigenvalue weighted by atomic mass is 9.80. The average Bonchev–Trinajstić information content (AvgIpc) is 3.84. The molecule has 5 aromatic carbocycles. The number of benzene rings is 5. The smallest absolute Gasteiger partial charge is 0.330 e. The van der Waals surface area contributed by atoms with Crippen molar-refractivity contribution in [2.24, 2.45) is 0 Å². The molecule has 0 spiro atoms. The first-order valence-electron chi connectivity index (χ1n) is 25.2. The van der Waals surface area contributed by atoms with Gasteiger partial charge in [-0.25, -0.2) is 9.46 Å². The Bertz CT molecular complexity index is 3030. The van der Waals surface area contributed by atoms with E-state index in [0.717, 1.165) is 38.8 Å². The first-order chi connectivity index (χ1) is 36.7. The van der Waals surface area contributed by atoms with Gasteiger partial charge in [0.15, 0.2) is 0 Å². The molecule has 17 nitrogen and oxygen atoms in total. The molecule has 0 saturated carbocycles. The summed E-state index contributed by atoms with van der Waals surface area (Å²) in [5, 5.41) is 17.1. The fourth-order valence-corrected chi connectivity index (χ4v) is 11.0. The number of fused-ring (bicyclic) bond motifs is 1. The van der Waals surface area contributed by atoms with Gasteiger partial charge in [0, 0.05) is 43.9 Å². The van der Waals surface area contributed by atoms with Crippen LogP contribution in [0.3, 0.4) is 0 Å². The van der Waals surface area contributed by atoms with Crippen LogP contribution in [0, 0.1) is 11.3 Å². The van der Waals surface area contributed by atoms with E-state index in [9.17, 15) is 24.4 Å². The summed E-state index contributed by atoms with van der Waals surface area (Å²) in [7, 11) is 3.03. The number of aromatic nitrogens is 2. The zero-order chi connectivity index (χ0) is 54.4. The number of nitrogens with one attached hydrogen (secondary N) is 3. The van der Waals surface area contributed by atoms with Gasteiger partial charge < -0.3 is 43.4 Å². The molecule has 76 heavy (non-hydrogen) atoms. The van der Waals surface area contributed by atoms with Crippen LogP contribution >= 0.6 is 8.53 Å². The highest BCUT2D eigenvalue weighted by Crippen LogP contribution is 2.51. The van der Waals surface area contributed by atoms with E-state index in [1.165, 1.54) is 22.9 Å². The Morgan fingerprint density at radius 3 is 2.03 bits per heavy atom. The number of rotatable bonds is 25. The SMILES string of the molecule is COc1ccc(C(OC[C@H]2O[C@@H](n3cc(C=CC(=O)NCCNC(=O)[C@@H](C)c4ccc5cc(OC)ccc5c4)c(=O)[nH]c3=O)CC2OP(OCCC#N)N(C(C)C)C(C)C)(c2ccccc2)c2ccc(OC)cc2)cc1. The van der Waals surface area contributed by atoms with Crippen LogP contribution in [0.4, 0.5) is 0 Å². The highest BCUT2D eigenvalue weighted by Gasteiger charge is 2.45. The lowest BCUT2D eigenvalue weighted by Crippen LogP contribution is -2.39. The van der Waals surface area contributed by atoms with E-state index in [2.05, 4.69) is 26.4 Å². The number of carbonyl (C=O) groups is 2. The molecule has 2 amide bonds. The number of carbonyl (C=O) groups excluding carboxylic acids is 2. The molecule has 1 saturated heterocycles. The molecule has 5 atom stereocenters. The van der Waals surface area contributed by atoms with Gasteiger partial charge >= 0.3 is 5.69 Å². The molecule has 1 aliphatic rings. The molecule has 6 aromatic rings. The Hall–Kier alpha value is -7.16. The average molecular weight is 1060 g/mol. The topological polar surface area (TPSA) is 205 Å². The molecule has 1 fully saturated rings. The molecule has 0 aliphatic carbocycles. The summed E-state index contributed by atoms with van der Waals surface area (Å²) in [5.41, 5.74) is 0.587. The summed E-state index contributed by atoms with van der Waals surface area (Å²) < 4.78 is 47.3. The molecule has 2 unspecified atom stereocenters. The normalized spacial score (nSPS) is 16.5. The maximum atomic E-state index is 13.8. The lowest BCUT2D eigenvalue weighted by molar-refractivity contribution is -0.122. The number of hydrogen-bond donors (Lipinski definition) is 3. The summed E-state index contributed by atoms with van der Waals surface area (Å²) in [5.74, 6) is 0.903. The zero-order valence-corrected chi connectivity index (χ0v) is 45.1. The molecule has 1 aromatic heterocycles. The first-order valence-corrected chi connectivity index (χ1v) is 26.4. The van der Waals surface area contributed by atoms with Crippen molar-refractivity contribution >= 4 is 37.2 Å². The Labute approximate surface area is 444 Å². The quantitative estimate of drug-likeness (QED) is 0.0213. The largest absolute Gasteiger partial charge is 0.497 e. The third kappa shape index (κ3) is 13.6. The number of amides is 2. The van der Waals surface area contributed by atoms with Gasteiger partial charge in [-0.15, -0.1) is 0 Å². The molecule has 1 aliphatic heterocycles. The Balaban J connectivity index is 1.13. The second kappa shape index (κ2) is 26.6. The van der Waals surface area contributed by atoms with Crippen molar-refractivity contribution in [1.82, 2.24) is 24.9 Å². The van der Waals surface area contributed by atoms with Crippen LogP contribution in [0.5, 0.6) is 17.2 Å². The van der Waals surface area contributed by atoms with E-state index < -0.39 is 55.6 Å². The fraction of sp³-hybridized carbons (Fsp3) is 0.362. The summed E-state index contributed by atoms with van der Waals surface area (Å²) in [6.45, 7) is 10.3. The van der Waals surface area contributed by atoms with Gasteiger partial charge in [0.25, 0.3) is 14.1 Å². The molecule has 18 heteroatoms. The van der Waals surface area contributed by atoms with E-state index in [1.807, 2.05) is 150 Å². The molecular formula is C58H67N6O11P. The van der Waals surface area contributed by atoms with Crippen LogP contribution in [0.1, 0.15) is 87.4 Å². The van der Waals surface area contributed by atoms with E-state index in [0.29, 0.717) is 11.5 Å². The molecule has 0 bridgehead atoms. The summed E-state index contributed by atoms with van der Waals surface area (Å²) in [6.07, 6.45) is 1.55. The number of nitrogens with zero attached hydrogens (tertiary/aromatic N) is 3. The minimum Gasteiger partial charge on any atom is -0.497 e. The van der Waals surface area contributed by atoms with Crippen molar-refractivity contribution in [3.8, 4) is 23.3 Å². The highest BCUT2D eigenvalue weighted by atomic mass is 31.2. The van der Waals surface area contributed by atoms with Gasteiger partial charge in [0.2, 0.25) is 11.8 Å². The number of nitriles is 1. The fourth-order valence-electron chi connectivity index (χ4n) is 9.20. The van der Waals surface area contributed by atoms with Crippen LogP contribution in [0.15, 0.2) is 137 Å². The third-order valence-corrected chi connectivity index (χ3v) is 15.3. The second-order valence-corrected chi connectivity index (χ2v) is 20.1. The van der Waals surface area contributed by atoms with Crippen molar-refractivity contribution in [2.45, 2.75) is 89.5 Å². The maximum Gasteiger partial charge on any atom is 0.330 e.